The lowest BCUT2D eigenvalue weighted by Gasteiger charge is -2.31. The predicted molar refractivity (Wildman–Crippen MR) is 106 cm³/mol. The highest BCUT2D eigenvalue weighted by Gasteiger charge is 2.34. The third kappa shape index (κ3) is 4.79. The monoisotopic (exact) mass is 378 g/mol. The molecule has 0 spiro atoms. The Bertz CT molecular complexity index is 645. The smallest absolute Gasteiger partial charge is 0.243 e. The summed E-state index contributed by atoms with van der Waals surface area (Å²) in [7, 11) is 0. The molecule has 0 aromatic heterocycles. The molecule has 0 fully saturated rings. The van der Waals surface area contributed by atoms with Crippen molar-refractivity contribution >= 4 is 23.4 Å². The fraction of sp³-hybridized carbons (Fsp3) is 0.619. The van der Waals surface area contributed by atoms with E-state index in [4.69, 9.17) is 11.6 Å². The first-order valence-electron chi connectivity index (χ1n) is 9.55. The summed E-state index contributed by atoms with van der Waals surface area (Å²) in [4.78, 5) is 25.6. The summed E-state index contributed by atoms with van der Waals surface area (Å²) in [6.07, 6.45) is 3.84. The fourth-order valence-electron chi connectivity index (χ4n) is 3.26. The van der Waals surface area contributed by atoms with Gasteiger partial charge >= 0.3 is 0 Å². The Morgan fingerprint density at radius 1 is 1.31 bits per heavy atom. The Labute approximate surface area is 162 Å². The molecule has 3 atom stereocenters. The van der Waals surface area contributed by atoms with Crippen LogP contribution in [0.2, 0.25) is 0 Å². The number of carbonyl (C=O) groups is 2. The lowest BCUT2D eigenvalue weighted by atomic mass is 9.87. The van der Waals surface area contributed by atoms with E-state index in [1.165, 1.54) is 11.1 Å². The zero-order valence-electron chi connectivity index (χ0n) is 16.3. The quantitative estimate of drug-likeness (QED) is 0.705. The number of hydrogen-bond acceptors (Lipinski definition) is 2. The van der Waals surface area contributed by atoms with Gasteiger partial charge in [0, 0.05) is 5.88 Å². The largest absolute Gasteiger partial charge is 0.347 e. The summed E-state index contributed by atoms with van der Waals surface area (Å²) in [5.41, 5.74) is 1.80. The molecule has 1 aliphatic rings. The molecule has 2 rings (SSSR count). The summed E-state index contributed by atoms with van der Waals surface area (Å²) in [5, 5.41) is 6.12. The molecular formula is C21H31ClN2O2. The molecule has 1 aliphatic carbocycles. The van der Waals surface area contributed by atoms with Gasteiger partial charge in [-0.25, -0.2) is 0 Å². The molecule has 144 valence electrons. The van der Waals surface area contributed by atoms with Crippen LogP contribution in [0.5, 0.6) is 0 Å². The maximum absolute atomic E-state index is 13.0. The number of aryl methyl sites for hydroxylation is 1. The van der Waals surface area contributed by atoms with Crippen LogP contribution in [0.1, 0.15) is 64.1 Å². The Hall–Kier alpha value is -1.55. The van der Waals surface area contributed by atoms with Gasteiger partial charge in [-0.3, -0.25) is 9.59 Å². The van der Waals surface area contributed by atoms with Crippen LogP contribution >= 0.6 is 11.6 Å². The van der Waals surface area contributed by atoms with E-state index in [0.717, 1.165) is 25.7 Å². The first kappa shape index (κ1) is 20.8. The number of fused-ring (bicyclic) bond motifs is 1. The van der Waals surface area contributed by atoms with E-state index in [2.05, 4.69) is 22.8 Å². The molecule has 5 heteroatoms. The number of amides is 2. The van der Waals surface area contributed by atoms with Crippen LogP contribution in [0.4, 0.5) is 0 Å². The summed E-state index contributed by atoms with van der Waals surface area (Å²) in [6.45, 7) is 7.60. The molecule has 0 saturated heterocycles. The van der Waals surface area contributed by atoms with Crippen molar-refractivity contribution in [2.45, 2.75) is 65.5 Å². The third-order valence-corrected chi connectivity index (χ3v) is 6.08. The fourth-order valence-corrected chi connectivity index (χ4v) is 3.39. The van der Waals surface area contributed by atoms with Crippen molar-refractivity contribution in [3.05, 3.63) is 35.4 Å². The van der Waals surface area contributed by atoms with Crippen LogP contribution < -0.4 is 10.6 Å². The molecule has 26 heavy (non-hydrogen) atoms. The standard InChI is InChI=1S/C21H31ClN2O2/c1-5-14(2)18(24-20(26)21(3,4)13-22)19(25)23-17-12-8-10-15-9-6-7-11-16(15)17/h6-7,9,11,14,17-18H,5,8,10,12-13H2,1-4H3,(H,23,25)(H,24,26). The second-order valence-electron chi connectivity index (χ2n) is 8.01. The van der Waals surface area contributed by atoms with Gasteiger partial charge in [0.15, 0.2) is 0 Å². The van der Waals surface area contributed by atoms with Crippen molar-refractivity contribution in [1.29, 1.82) is 0 Å². The van der Waals surface area contributed by atoms with E-state index in [-0.39, 0.29) is 29.7 Å². The number of nitrogens with one attached hydrogen (secondary N) is 2. The van der Waals surface area contributed by atoms with E-state index in [9.17, 15) is 9.59 Å². The SMILES string of the molecule is CCC(C)C(NC(=O)C(C)(C)CCl)C(=O)NC1CCCc2ccccc21. The molecule has 0 bridgehead atoms. The second-order valence-corrected chi connectivity index (χ2v) is 8.27. The van der Waals surface area contributed by atoms with E-state index >= 15 is 0 Å². The highest BCUT2D eigenvalue weighted by atomic mass is 35.5. The lowest BCUT2D eigenvalue weighted by molar-refractivity contribution is -0.134. The van der Waals surface area contributed by atoms with Gasteiger partial charge in [0.05, 0.1) is 11.5 Å². The summed E-state index contributed by atoms with van der Waals surface area (Å²) < 4.78 is 0. The molecule has 1 aromatic rings. The van der Waals surface area contributed by atoms with Gasteiger partial charge in [0.2, 0.25) is 11.8 Å². The maximum Gasteiger partial charge on any atom is 0.243 e. The minimum absolute atomic E-state index is 0.0111. The van der Waals surface area contributed by atoms with Crippen LogP contribution in [0.25, 0.3) is 0 Å². The van der Waals surface area contributed by atoms with Crippen LogP contribution in [0.3, 0.4) is 0 Å². The van der Waals surface area contributed by atoms with Crippen LogP contribution in [-0.4, -0.2) is 23.7 Å². The average molecular weight is 379 g/mol. The van der Waals surface area contributed by atoms with Crippen molar-refractivity contribution in [3.63, 3.8) is 0 Å². The van der Waals surface area contributed by atoms with Crippen molar-refractivity contribution in [2.75, 3.05) is 5.88 Å². The average Bonchev–Trinajstić information content (AvgIpc) is 2.65. The number of benzene rings is 1. The third-order valence-electron chi connectivity index (χ3n) is 5.42. The van der Waals surface area contributed by atoms with Crippen molar-refractivity contribution in [3.8, 4) is 0 Å². The Morgan fingerprint density at radius 2 is 2.00 bits per heavy atom. The van der Waals surface area contributed by atoms with Gasteiger partial charge in [-0.1, -0.05) is 44.5 Å². The molecule has 2 N–H and O–H groups in total. The first-order valence-corrected chi connectivity index (χ1v) is 10.1. The van der Waals surface area contributed by atoms with E-state index in [0.29, 0.717) is 0 Å². The maximum atomic E-state index is 13.0. The Morgan fingerprint density at radius 3 is 2.65 bits per heavy atom. The summed E-state index contributed by atoms with van der Waals surface area (Å²) in [5.74, 6) is -0.0374. The van der Waals surface area contributed by atoms with Crippen molar-refractivity contribution < 1.29 is 9.59 Å². The predicted octanol–water partition coefficient (Wildman–Crippen LogP) is 3.98. The summed E-state index contributed by atoms with van der Waals surface area (Å²) in [6, 6.07) is 7.73. The van der Waals surface area contributed by atoms with Crippen LogP contribution in [-0.2, 0) is 16.0 Å². The molecule has 0 aliphatic heterocycles. The molecule has 1 aromatic carbocycles. The second kappa shape index (κ2) is 8.90. The topological polar surface area (TPSA) is 58.2 Å². The highest BCUT2D eigenvalue weighted by Crippen LogP contribution is 2.29. The molecular weight excluding hydrogens is 348 g/mol. The van der Waals surface area contributed by atoms with E-state index < -0.39 is 11.5 Å². The number of alkyl halides is 1. The van der Waals surface area contributed by atoms with Gasteiger partial charge in [-0.05, 0) is 50.2 Å². The molecule has 0 heterocycles. The molecule has 0 saturated carbocycles. The van der Waals surface area contributed by atoms with E-state index in [1.807, 2.05) is 26.0 Å². The number of carbonyl (C=O) groups excluding carboxylic acids is 2. The Balaban J connectivity index is 2.14. The van der Waals surface area contributed by atoms with Crippen LogP contribution in [0, 0.1) is 11.3 Å². The molecule has 2 amide bonds. The Kier molecular flexibility index (Phi) is 7.10. The lowest BCUT2D eigenvalue weighted by Crippen LogP contribution is -2.54. The minimum atomic E-state index is -0.703. The van der Waals surface area contributed by atoms with Gasteiger partial charge in [0.1, 0.15) is 6.04 Å². The van der Waals surface area contributed by atoms with Crippen LogP contribution in [0.15, 0.2) is 24.3 Å². The van der Waals surface area contributed by atoms with Gasteiger partial charge in [-0.15, -0.1) is 11.6 Å². The highest BCUT2D eigenvalue weighted by molar-refractivity contribution is 6.19. The zero-order valence-corrected chi connectivity index (χ0v) is 17.0. The van der Waals surface area contributed by atoms with E-state index in [1.54, 1.807) is 13.8 Å². The normalized spacial score (nSPS) is 19.2. The molecule has 0 radical (unpaired) electrons. The molecule has 4 nitrogen and oxygen atoms in total. The van der Waals surface area contributed by atoms with Gasteiger partial charge < -0.3 is 10.6 Å². The number of halogens is 1. The number of rotatable bonds is 7. The van der Waals surface area contributed by atoms with Gasteiger partial charge in [-0.2, -0.15) is 0 Å². The zero-order chi connectivity index (χ0) is 19.3. The number of hydrogen-bond donors (Lipinski definition) is 2. The first-order chi connectivity index (χ1) is 12.3. The summed E-state index contributed by atoms with van der Waals surface area (Å²) >= 11 is 5.91. The van der Waals surface area contributed by atoms with Crippen molar-refractivity contribution in [2.24, 2.45) is 11.3 Å². The van der Waals surface area contributed by atoms with Gasteiger partial charge in [0.25, 0.3) is 0 Å². The minimum Gasteiger partial charge on any atom is -0.347 e. The molecule has 3 unspecified atom stereocenters. The van der Waals surface area contributed by atoms with Crippen molar-refractivity contribution in [1.82, 2.24) is 10.6 Å².